The highest BCUT2D eigenvalue weighted by molar-refractivity contribution is 5.90. The molecule has 1 aromatic carbocycles. The Morgan fingerprint density at radius 1 is 1.17 bits per heavy atom. The summed E-state index contributed by atoms with van der Waals surface area (Å²) in [5, 5.41) is 14.5. The minimum Gasteiger partial charge on any atom is -0.402 e. The zero-order chi connectivity index (χ0) is 25.5. The van der Waals surface area contributed by atoms with Gasteiger partial charge >= 0.3 is 12.2 Å². The second-order valence-corrected chi connectivity index (χ2v) is 10.1. The maximum atomic E-state index is 12.8. The molecule has 3 aromatic rings. The highest BCUT2D eigenvalue weighted by Gasteiger charge is 2.33. The molecule has 2 aromatic heterocycles. The van der Waals surface area contributed by atoms with Crippen molar-refractivity contribution >= 4 is 28.5 Å². The van der Waals surface area contributed by atoms with Gasteiger partial charge in [-0.25, -0.2) is 4.98 Å². The van der Waals surface area contributed by atoms with E-state index in [9.17, 15) is 18.0 Å². The van der Waals surface area contributed by atoms with Crippen molar-refractivity contribution in [2.24, 2.45) is 11.7 Å². The summed E-state index contributed by atoms with van der Waals surface area (Å²) in [5.41, 5.74) is 8.19. The molecule has 0 aliphatic heterocycles. The average Bonchev–Trinajstić information content (AvgIpc) is 3.41. The van der Waals surface area contributed by atoms with Crippen molar-refractivity contribution in [3.8, 4) is 11.6 Å². The molecule has 1 fully saturated rings. The third-order valence-corrected chi connectivity index (χ3v) is 6.26. The van der Waals surface area contributed by atoms with Crippen molar-refractivity contribution in [2.75, 3.05) is 17.2 Å². The normalized spacial score (nSPS) is 18.7. The smallest absolute Gasteiger partial charge is 0.402 e. The molecule has 11 heteroatoms. The van der Waals surface area contributed by atoms with E-state index in [0.29, 0.717) is 16.9 Å². The van der Waals surface area contributed by atoms with E-state index >= 15 is 0 Å². The third-order valence-electron chi connectivity index (χ3n) is 6.26. The van der Waals surface area contributed by atoms with Crippen LogP contribution in [-0.2, 0) is 10.2 Å². The maximum absolute atomic E-state index is 12.8. The fourth-order valence-electron chi connectivity index (χ4n) is 4.49. The van der Waals surface area contributed by atoms with Gasteiger partial charge in [-0.15, -0.1) is 5.10 Å². The highest BCUT2D eigenvalue weighted by Crippen LogP contribution is 2.36. The fraction of sp³-hybridized carbons (Fsp3) is 0.500. The number of hydrogen-bond donors (Lipinski definition) is 3. The second-order valence-electron chi connectivity index (χ2n) is 10.1. The Balaban J connectivity index is 1.69. The molecule has 4 N–H and O–H groups in total. The van der Waals surface area contributed by atoms with Crippen molar-refractivity contribution in [3.05, 3.63) is 29.3 Å². The van der Waals surface area contributed by atoms with Gasteiger partial charge in [0.2, 0.25) is 5.91 Å². The van der Waals surface area contributed by atoms with E-state index in [2.05, 4.69) is 20.8 Å². The van der Waals surface area contributed by atoms with E-state index in [1.165, 1.54) is 0 Å². The summed E-state index contributed by atoms with van der Waals surface area (Å²) >= 11 is 0. The van der Waals surface area contributed by atoms with Gasteiger partial charge in [0.15, 0.2) is 0 Å². The van der Waals surface area contributed by atoms with Gasteiger partial charge in [-0.3, -0.25) is 4.79 Å². The molecule has 0 bridgehead atoms. The Bertz CT molecular complexity index is 1250. The van der Waals surface area contributed by atoms with Crippen LogP contribution in [-0.4, -0.2) is 39.9 Å². The number of anilines is 2. The van der Waals surface area contributed by atoms with Crippen molar-refractivity contribution in [1.82, 2.24) is 15.2 Å². The first-order chi connectivity index (χ1) is 16.3. The van der Waals surface area contributed by atoms with Gasteiger partial charge in [0.1, 0.15) is 12.2 Å². The van der Waals surface area contributed by atoms with Crippen LogP contribution in [0.25, 0.3) is 22.5 Å². The molecule has 1 aliphatic rings. The number of nitrogens with zero attached hydrogens (tertiary/aromatic N) is 3. The van der Waals surface area contributed by atoms with E-state index in [0.717, 1.165) is 35.8 Å². The zero-order valence-corrected chi connectivity index (χ0v) is 20.1. The number of halogens is 3. The van der Waals surface area contributed by atoms with Gasteiger partial charge in [0.25, 0.3) is 5.89 Å². The van der Waals surface area contributed by atoms with Crippen LogP contribution in [0.5, 0.6) is 0 Å². The molecule has 1 saturated carbocycles. The van der Waals surface area contributed by atoms with Crippen LogP contribution in [0, 0.1) is 12.8 Å². The van der Waals surface area contributed by atoms with Gasteiger partial charge < -0.3 is 20.8 Å². The average molecular weight is 491 g/mol. The summed E-state index contributed by atoms with van der Waals surface area (Å²) in [6.45, 7) is 6.67. The number of primary amides is 1. The minimum absolute atomic E-state index is 0.165. The Morgan fingerprint density at radius 2 is 1.91 bits per heavy atom. The molecule has 0 spiro atoms. The van der Waals surface area contributed by atoms with E-state index in [4.69, 9.17) is 15.1 Å². The van der Waals surface area contributed by atoms with E-state index in [-0.39, 0.29) is 35.2 Å². The standard InChI is InChI=1S/C24H29F3N6O2/c1-12-8-18(21-32-33-22(35-21)31-17-7-5-6-14(17)20(28)34)30-19-15(12)9-13(29-11-24(25,26)27)10-16(19)23(2,3)4/h8-10,14,17,29H,5-7,11H2,1-4H3,(H2,28,34)(H,31,33)/t14-,17+/m1/s1. The number of pyridine rings is 1. The number of carbonyl (C=O) groups is 1. The monoisotopic (exact) mass is 490 g/mol. The predicted octanol–water partition coefficient (Wildman–Crippen LogP) is 4.93. The zero-order valence-electron chi connectivity index (χ0n) is 20.1. The number of carbonyl (C=O) groups excluding carboxylic acids is 1. The quantitative estimate of drug-likeness (QED) is 0.448. The molecule has 0 saturated heterocycles. The summed E-state index contributed by atoms with van der Waals surface area (Å²) < 4.78 is 44.1. The molecule has 188 valence electrons. The Morgan fingerprint density at radius 3 is 2.57 bits per heavy atom. The van der Waals surface area contributed by atoms with E-state index < -0.39 is 12.7 Å². The Hall–Kier alpha value is -3.37. The van der Waals surface area contributed by atoms with E-state index in [1.54, 1.807) is 18.2 Å². The molecule has 2 atom stereocenters. The number of alkyl halides is 3. The molecule has 4 rings (SSSR count). The Labute approximate surface area is 200 Å². The van der Waals surface area contributed by atoms with Gasteiger partial charge in [-0.05, 0) is 54.5 Å². The summed E-state index contributed by atoms with van der Waals surface area (Å²) in [5.74, 6) is -0.448. The van der Waals surface area contributed by atoms with Crippen LogP contribution in [0.1, 0.15) is 51.2 Å². The van der Waals surface area contributed by atoms with Crippen LogP contribution < -0.4 is 16.4 Å². The van der Waals surface area contributed by atoms with Gasteiger partial charge in [-0.2, -0.15) is 13.2 Å². The summed E-state index contributed by atoms with van der Waals surface area (Å²) in [6, 6.07) is 5.16. The lowest BCUT2D eigenvalue weighted by atomic mass is 9.84. The molecule has 0 radical (unpaired) electrons. The SMILES string of the molecule is Cc1cc(-c2nnc(N[C@H]3CCC[C@H]3C(N)=O)o2)nc2c(C(C)(C)C)cc(NCC(F)(F)F)cc12. The third kappa shape index (κ3) is 5.49. The minimum atomic E-state index is -4.33. The number of hydrogen-bond acceptors (Lipinski definition) is 7. The number of aromatic nitrogens is 3. The first kappa shape index (κ1) is 24.7. The summed E-state index contributed by atoms with van der Waals surface area (Å²) in [6.07, 6.45) is -1.95. The fourth-order valence-corrected chi connectivity index (χ4v) is 4.49. The number of amides is 1. The van der Waals surface area contributed by atoms with Crippen LogP contribution >= 0.6 is 0 Å². The number of nitrogens with one attached hydrogen (secondary N) is 2. The van der Waals surface area contributed by atoms with Crippen molar-refractivity contribution in [3.63, 3.8) is 0 Å². The van der Waals surface area contributed by atoms with Crippen molar-refractivity contribution < 1.29 is 22.4 Å². The van der Waals surface area contributed by atoms with Crippen LogP contribution in [0.4, 0.5) is 24.9 Å². The first-order valence-electron chi connectivity index (χ1n) is 11.5. The number of fused-ring (bicyclic) bond motifs is 1. The predicted molar refractivity (Wildman–Crippen MR) is 127 cm³/mol. The molecule has 2 heterocycles. The van der Waals surface area contributed by atoms with Gasteiger partial charge in [0.05, 0.1) is 11.4 Å². The summed E-state index contributed by atoms with van der Waals surface area (Å²) in [7, 11) is 0. The van der Waals surface area contributed by atoms with Crippen molar-refractivity contribution in [1.29, 1.82) is 0 Å². The molecule has 1 amide bonds. The number of nitrogens with two attached hydrogens (primary N) is 1. The highest BCUT2D eigenvalue weighted by atomic mass is 19.4. The molecule has 8 nitrogen and oxygen atoms in total. The van der Waals surface area contributed by atoms with Crippen molar-refractivity contribution in [2.45, 2.75) is 64.6 Å². The molecule has 1 aliphatic carbocycles. The molecular formula is C24H29F3N6O2. The van der Waals surface area contributed by atoms with Gasteiger partial charge in [-0.1, -0.05) is 32.3 Å². The number of benzene rings is 1. The lowest BCUT2D eigenvalue weighted by molar-refractivity contribution is -0.121. The molecule has 0 unspecified atom stereocenters. The first-order valence-corrected chi connectivity index (χ1v) is 11.5. The lowest BCUT2D eigenvalue weighted by Crippen LogP contribution is -2.34. The summed E-state index contributed by atoms with van der Waals surface area (Å²) in [4.78, 5) is 16.4. The number of aryl methyl sites for hydroxylation is 1. The van der Waals surface area contributed by atoms with Crippen LogP contribution in [0.3, 0.4) is 0 Å². The molecule has 35 heavy (non-hydrogen) atoms. The van der Waals surface area contributed by atoms with Crippen LogP contribution in [0.2, 0.25) is 0 Å². The Kier molecular flexibility index (Phi) is 6.37. The maximum Gasteiger partial charge on any atom is 0.405 e. The van der Waals surface area contributed by atoms with Gasteiger partial charge in [0, 0.05) is 17.1 Å². The van der Waals surface area contributed by atoms with Crippen LogP contribution in [0.15, 0.2) is 22.6 Å². The number of rotatable bonds is 6. The largest absolute Gasteiger partial charge is 0.405 e. The topological polar surface area (TPSA) is 119 Å². The lowest BCUT2D eigenvalue weighted by Gasteiger charge is -2.23. The molecular weight excluding hydrogens is 461 g/mol. The second kappa shape index (κ2) is 9.01. The van der Waals surface area contributed by atoms with E-state index in [1.807, 2.05) is 27.7 Å².